The average molecular weight is 319 g/mol. The molecule has 22 heavy (non-hydrogen) atoms. The summed E-state index contributed by atoms with van der Waals surface area (Å²) >= 11 is 1.59. The molecule has 1 aliphatic heterocycles. The van der Waals surface area contributed by atoms with E-state index in [0.29, 0.717) is 13.0 Å². The molecule has 2 aromatic heterocycles. The fourth-order valence-corrected chi connectivity index (χ4v) is 3.41. The van der Waals surface area contributed by atoms with E-state index in [1.807, 2.05) is 23.0 Å². The van der Waals surface area contributed by atoms with Gasteiger partial charge in [0.2, 0.25) is 0 Å². The standard InChI is InChI=1S/C13H17N7OS/c1-22-13-12-9(2-5-20(12)16-8-15-13)6-19-4-3-10(17-18-14)11(21)7-19/h2,5,8,10-11,21H,3-4,6-7H2,1H3/t10-,11-/m1/s1. The monoisotopic (exact) mass is 319 g/mol. The summed E-state index contributed by atoms with van der Waals surface area (Å²) < 4.78 is 1.83. The van der Waals surface area contributed by atoms with Crippen LogP contribution in [0.1, 0.15) is 12.0 Å². The second-order valence-electron chi connectivity index (χ2n) is 5.27. The molecule has 0 radical (unpaired) electrons. The summed E-state index contributed by atoms with van der Waals surface area (Å²) in [6.45, 7) is 2.02. The van der Waals surface area contributed by atoms with Crippen LogP contribution in [0.5, 0.6) is 0 Å². The quantitative estimate of drug-likeness (QED) is 0.400. The first-order valence-electron chi connectivity index (χ1n) is 7.02. The van der Waals surface area contributed by atoms with Gasteiger partial charge in [-0.15, -0.1) is 11.8 Å². The molecule has 0 saturated carbocycles. The van der Waals surface area contributed by atoms with E-state index >= 15 is 0 Å². The minimum atomic E-state index is -0.616. The number of azide groups is 1. The van der Waals surface area contributed by atoms with Crippen LogP contribution in [0.4, 0.5) is 0 Å². The van der Waals surface area contributed by atoms with Crippen molar-refractivity contribution in [2.75, 3.05) is 19.3 Å². The molecule has 3 rings (SSSR count). The fraction of sp³-hybridized carbons (Fsp3) is 0.538. The van der Waals surface area contributed by atoms with E-state index in [2.05, 4.69) is 25.0 Å². The SMILES string of the molecule is CSc1ncnn2ccc(CN3CC[C@@H](N=[N+]=[N-])[C@H](O)C3)c12. The van der Waals surface area contributed by atoms with Gasteiger partial charge in [0.25, 0.3) is 0 Å². The Kier molecular flexibility index (Phi) is 4.49. The lowest BCUT2D eigenvalue weighted by Gasteiger charge is -2.33. The number of fused-ring (bicyclic) bond motifs is 1. The van der Waals surface area contributed by atoms with Crippen LogP contribution in [0.15, 0.2) is 28.7 Å². The molecule has 9 heteroatoms. The van der Waals surface area contributed by atoms with E-state index < -0.39 is 6.10 Å². The van der Waals surface area contributed by atoms with Crippen LogP contribution in [-0.2, 0) is 6.54 Å². The highest BCUT2D eigenvalue weighted by Gasteiger charge is 2.27. The first-order chi connectivity index (χ1) is 10.7. The maximum Gasteiger partial charge on any atom is 0.137 e. The summed E-state index contributed by atoms with van der Waals surface area (Å²) in [7, 11) is 0. The van der Waals surface area contributed by atoms with Crippen molar-refractivity contribution < 1.29 is 5.11 Å². The van der Waals surface area contributed by atoms with Gasteiger partial charge in [0.15, 0.2) is 0 Å². The molecule has 0 unspecified atom stereocenters. The summed E-state index contributed by atoms with van der Waals surface area (Å²) in [6, 6.07) is 1.72. The zero-order valence-corrected chi connectivity index (χ0v) is 13.0. The number of aliphatic hydroxyl groups excluding tert-OH is 1. The number of rotatable bonds is 4. The molecule has 0 spiro atoms. The number of hydrogen-bond donors (Lipinski definition) is 1. The van der Waals surface area contributed by atoms with Crippen molar-refractivity contribution in [2.24, 2.45) is 5.11 Å². The van der Waals surface area contributed by atoms with Crippen molar-refractivity contribution in [1.82, 2.24) is 19.5 Å². The molecular weight excluding hydrogens is 302 g/mol. The van der Waals surface area contributed by atoms with Crippen LogP contribution < -0.4 is 0 Å². The number of aromatic nitrogens is 3. The summed E-state index contributed by atoms with van der Waals surface area (Å²) in [5, 5.41) is 18.9. The molecule has 3 heterocycles. The second-order valence-corrected chi connectivity index (χ2v) is 6.06. The van der Waals surface area contributed by atoms with E-state index in [1.54, 1.807) is 18.1 Å². The molecule has 0 amide bonds. The maximum absolute atomic E-state index is 10.1. The Morgan fingerprint density at radius 1 is 1.59 bits per heavy atom. The predicted octanol–water partition coefficient (Wildman–Crippen LogP) is 1.70. The number of nitrogens with zero attached hydrogens (tertiary/aromatic N) is 7. The largest absolute Gasteiger partial charge is 0.391 e. The van der Waals surface area contributed by atoms with Crippen molar-refractivity contribution in [3.8, 4) is 0 Å². The van der Waals surface area contributed by atoms with Gasteiger partial charge < -0.3 is 5.11 Å². The molecular formula is C13H17N7OS. The Labute approximate surface area is 131 Å². The average Bonchev–Trinajstić information content (AvgIpc) is 2.93. The van der Waals surface area contributed by atoms with Gasteiger partial charge in [0, 0.05) is 24.2 Å². The lowest BCUT2D eigenvalue weighted by Crippen LogP contribution is -2.45. The lowest BCUT2D eigenvalue weighted by molar-refractivity contribution is 0.0503. The smallest absolute Gasteiger partial charge is 0.137 e. The highest BCUT2D eigenvalue weighted by Crippen LogP contribution is 2.24. The zero-order valence-electron chi connectivity index (χ0n) is 12.2. The summed E-state index contributed by atoms with van der Waals surface area (Å²) in [5.41, 5.74) is 10.7. The molecule has 2 atom stereocenters. The molecule has 8 nitrogen and oxygen atoms in total. The van der Waals surface area contributed by atoms with Gasteiger partial charge in [-0.25, -0.2) is 9.50 Å². The zero-order chi connectivity index (χ0) is 15.5. The Morgan fingerprint density at radius 2 is 2.45 bits per heavy atom. The molecule has 0 aromatic carbocycles. The minimum Gasteiger partial charge on any atom is -0.391 e. The van der Waals surface area contributed by atoms with Crippen molar-refractivity contribution in [1.29, 1.82) is 0 Å². The Balaban J connectivity index is 1.78. The molecule has 2 aromatic rings. The number of piperidine rings is 1. The third kappa shape index (κ3) is 2.89. The number of β-amino-alcohol motifs (C(OH)–C–C–N with tert-alkyl or cyclic N) is 1. The van der Waals surface area contributed by atoms with Gasteiger partial charge in [-0.05, 0) is 36.4 Å². The number of aliphatic hydroxyl groups is 1. The van der Waals surface area contributed by atoms with E-state index in [9.17, 15) is 5.11 Å². The fourth-order valence-electron chi connectivity index (χ4n) is 2.84. The summed E-state index contributed by atoms with van der Waals surface area (Å²) in [4.78, 5) is 9.28. The lowest BCUT2D eigenvalue weighted by atomic mass is 10.0. The van der Waals surface area contributed by atoms with E-state index in [-0.39, 0.29) is 6.04 Å². The highest BCUT2D eigenvalue weighted by atomic mass is 32.2. The van der Waals surface area contributed by atoms with Crippen molar-refractivity contribution >= 4 is 17.3 Å². The number of likely N-dealkylation sites (tertiary alicyclic amines) is 1. The van der Waals surface area contributed by atoms with Crippen molar-refractivity contribution in [3.63, 3.8) is 0 Å². The van der Waals surface area contributed by atoms with Crippen LogP contribution in [0.3, 0.4) is 0 Å². The van der Waals surface area contributed by atoms with Crippen LogP contribution in [0, 0.1) is 0 Å². The third-order valence-electron chi connectivity index (χ3n) is 3.92. The first-order valence-corrected chi connectivity index (χ1v) is 8.25. The van der Waals surface area contributed by atoms with Gasteiger partial charge in [0.1, 0.15) is 16.9 Å². The van der Waals surface area contributed by atoms with Crippen molar-refractivity contribution in [2.45, 2.75) is 30.1 Å². The molecule has 0 aliphatic carbocycles. The number of hydrogen-bond acceptors (Lipinski definition) is 6. The molecule has 1 fully saturated rings. The molecule has 0 bridgehead atoms. The Bertz CT molecular complexity index is 711. The van der Waals surface area contributed by atoms with Crippen LogP contribution >= 0.6 is 11.8 Å². The van der Waals surface area contributed by atoms with Crippen LogP contribution in [0.2, 0.25) is 0 Å². The van der Waals surface area contributed by atoms with Gasteiger partial charge in [0.05, 0.1) is 12.1 Å². The topological polar surface area (TPSA) is 102 Å². The highest BCUT2D eigenvalue weighted by molar-refractivity contribution is 7.98. The Morgan fingerprint density at radius 3 is 3.18 bits per heavy atom. The normalized spacial score (nSPS) is 22.6. The van der Waals surface area contributed by atoms with E-state index in [4.69, 9.17) is 5.53 Å². The second kappa shape index (κ2) is 6.53. The first kappa shape index (κ1) is 15.1. The van der Waals surface area contributed by atoms with Gasteiger partial charge in [-0.1, -0.05) is 5.11 Å². The van der Waals surface area contributed by atoms with E-state index in [0.717, 1.165) is 29.2 Å². The van der Waals surface area contributed by atoms with E-state index in [1.165, 1.54) is 0 Å². The predicted molar refractivity (Wildman–Crippen MR) is 83.6 cm³/mol. The molecule has 1 saturated heterocycles. The molecule has 1 aliphatic rings. The molecule has 1 N–H and O–H groups in total. The van der Waals surface area contributed by atoms with Crippen LogP contribution in [-0.4, -0.2) is 56.1 Å². The van der Waals surface area contributed by atoms with Gasteiger partial charge in [-0.2, -0.15) is 5.10 Å². The summed E-state index contributed by atoms with van der Waals surface area (Å²) in [5.74, 6) is 0. The van der Waals surface area contributed by atoms with Gasteiger partial charge in [-0.3, -0.25) is 4.90 Å². The maximum atomic E-state index is 10.1. The summed E-state index contributed by atoms with van der Waals surface area (Å²) in [6.07, 6.45) is 5.53. The van der Waals surface area contributed by atoms with Crippen LogP contribution in [0.25, 0.3) is 16.0 Å². The molecule has 116 valence electrons. The minimum absolute atomic E-state index is 0.322. The van der Waals surface area contributed by atoms with Gasteiger partial charge >= 0.3 is 0 Å². The third-order valence-corrected chi connectivity index (χ3v) is 4.61. The number of thioether (sulfide) groups is 1. The Hall–Kier alpha value is -1.80. The van der Waals surface area contributed by atoms with Crippen molar-refractivity contribution in [3.05, 3.63) is 34.6 Å².